The second-order valence-electron chi connectivity index (χ2n) is 2.83. The van der Waals surface area contributed by atoms with Crippen LogP contribution in [0.25, 0.3) is 10.9 Å². The van der Waals surface area contributed by atoms with E-state index in [1.165, 1.54) is 0 Å². The van der Waals surface area contributed by atoms with Gasteiger partial charge in [0.2, 0.25) is 0 Å². The predicted octanol–water partition coefficient (Wildman–Crippen LogP) is 2.71. The largest absolute Gasteiger partial charge is 0.398 e. The summed E-state index contributed by atoms with van der Waals surface area (Å²) in [5, 5.41) is 1.65. The van der Waals surface area contributed by atoms with Gasteiger partial charge in [-0.25, -0.2) is 0 Å². The van der Waals surface area contributed by atoms with Gasteiger partial charge in [0.05, 0.1) is 5.02 Å². The van der Waals surface area contributed by atoms with Crippen molar-refractivity contribution < 1.29 is 0 Å². The molecule has 2 nitrogen and oxygen atoms in total. The van der Waals surface area contributed by atoms with Crippen LogP contribution in [0.15, 0.2) is 18.2 Å². The van der Waals surface area contributed by atoms with Crippen molar-refractivity contribution in [3.8, 4) is 0 Å². The molecule has 0 atom stereocenters. The van der Waals surface area contributed by atoms with Gasteiger partial charge in [-0.1, -0.05) is 17.7 Å². The summed E-state index contributed by atoms with van der Waals surface area (Å²) in [6, 6.07) is 5.72. The summed E-state index contributed by atoms with van der Waals surface area (Å²) < 4.78 is 0. The van der Waals surface area contributed by atoms with E-state index < -0.39 is 0 Å². The number of benzene rings is 1. The molecule has 3 heteroatoms. The average Bonchev–Trinajstić information content (AvgIpc) is 2.29. The van der Waals surface area contributed by atoms with Gasteiger partial charge < -0.3 is 10.7 Å². The Morgan fingerprint density at radius 1 is 1.42 bits per heavy atom. The minimum atomic E-state index is 0.724. The van der Waals surface area contributed by atoms with Crippen molar-refractivity contribution in [2.24, 2.45) is 0 Å². The van der Waals surface area contributed by atoms with Gasteiger partial charge in [0.15, 0.2) is 0 Å². The first-order chi connectivity index (χ1) is 5.70. The van der Waals surface area contributed by atoms with E-state index in [0.717, 1.165) is 27.3 Å². The van der Waals surface area contributed by atoms with Gasteiger partial charge in [0.25, 0.3) is 0 Å². The lowest BCUT2D eigenvalue weighted by atomic mass is 10.2. The lowest BCUT2D eigenvalue weighted by Crippen LogP contribution is -1.83. The Kier molecular flexibility index (Phi) is 1.51. The summed E-state index contributed by atoms with van der Waals surface area (Å²) in [6.07, 6.45) is 0. The SMILES string of the molecule is Cc1[nH]c2cccc(N)c2c1Cl. The molecule has 0 fully saturated rings. The maximum Gasteiger partial charge on any atom is 0.0709 e. The van der Waals surface area contributed by atoms with E-state index >= 15 is 0 Å². The van der Waals surface area contributed by atoms with E-state index in [2.05, 4.69) is 4.98 Å². The summed E-state index contributed by atoms with van der Waals surface area (Å²) in [4.78, 5) is 3.16. The van der Waals surface area contributed by atoms with E-state index in [1.54, 1.807) is 0 Å². The van der Waals surface area contributed by atoms with Crippen molar-refractivity contribution >= 4 is 28.2 Å². The molecule has 0 amide bonds. The highest BCUT2D eigenvalue weighted by molar-refractivity contribution is 6.37. The summed E-state index contributed by atoms with van der Waals surface area (Å²) >= 11 is 6.04. The number of anilines is 1. The molecule has 1 aromatic heterocycles. The van der Waals surface area contributed by atoms with Crippen LogP contribution in [0.1, 0.15) is 5.69 Å². The number of rotatable bonds is 0. The second kappa shape index (κ2) is 2.42. The smallest absolute Gasteiger partial charge is 0.0709 e. The molecule has 0 saturated carbocycles. The number of aromatic nitrogens is 1. The van der Waals surface area contributed by atoms with Crippen LogP contribution in [-0.4, -0.2) is 4.98 Å². The van der Waals surface area contributed by atoms with Gasteiger partial charge in [-0.05, 0) is 19.1 Å². The molecule has 0 radical (unpaired) electrons. The molecular formula is C9H9ClN2. The van der Waals surface area contributed by atoms with Crippen molar-refractivity contribution in [2.45, 2.75) is 6.92 Å². The van der Waals surface area contributed by atoms with Gasteiger partial charge in [-0.2, -0.15) is 0 Å². The number of halogens is 1. The standard InChI is InChI=1S/C9H9ClN2/c1-5-9(10)8-6(11)3-2-4-7(8)12-5/h2-4,12H,11H2,1H3. The van der Waals surface area contributed by atoms with E-state index in [1.807, 2.05) is 25.1 Å². The molecule has 12 heavy (non-hydrogen) atoms. The van der Waals surface area contributed by atoms with Gasteiger partial charge in [0.1, 0.15) is 0 Å². The van der Waals surface area contributed by atoms with Crippen molar-refractivity contribution in [1.82, 2.24) is 4.98 Å². The molecule has 1 heterocycles. The Labute approximate surface area is 75.3 Å². The summed E-state index contributed by atoms with van der Waals surface area (Å²) in [7, 11) is 0. The Hall–Kier alpha value is -1.15. The number of H-pyrrole nitrogens is 1. The second-order valence-corrected chi connectivity index (χ2v) is 3.21. The number of nitrogens with two attached hydrogens (primary N) is 1. The lowest BCUT2D eigenvalue weighted by Gasteiger charge is -1.94. The van der Waals surface area contributed by atoms with Crippen molar-refractivity contribution in [3.63, 3.8) is 0 Å². The minimum absolute atomic E-state index is 0.724. The summed E-state index contributed by atoms with van der Waals surface area (Å²) in [5.41, 5.74) is 8.45. The Balaban J connectivity index is 2.97. The van der Waals surface area contributed by atoms with Crippen LogP contribution < -0.4 is 5.73 Å². The average molecular weight is 181 g/mol. The first kappa shape index (κ1) is 7.50. The molecule has 1 aromatic carbocycles. The highest BCUT2D eigenvalue weighted by Gasteiger charge is 2.07. The molecule has 62 valence electrons. The van der Waals surface area contributed by atoms with Gasteiger partial charge in [-0.3, -0.25) is 0 Å². The zero-order valence-electron chi connectivity index (χ0n) is 6.69. The first-order valence-corrected chi connectivity index (χ1v) is 4.10. The first-order valence-electron chi connectivity index (χ1n) is 3.72. The number of nitrogens with one attached hydrogen (secondary N) is 1. The maximum absolute atomic E-state index is 6.04. The molecule has 2 aromatic rings. The Morgan fingerprint density at radius 2 is 2.17 bits per heavy atom. The third-order valence-corrected chi connectivity index (χ3v) is 2.44. The third kappa shape index (κ3) is 0.883. The maximum atomic E-state index is 6.04. The highest BCUT2D eigenvalue weighted by atomic mass is 35.5. The molecule has 0 bridgehead atoms. The molecule has 0 aliphatic rings. The number of aromatic amines is 1. The van der Waals surface area contributed by atoms with Crippen LogP contribution in [0.5, 0.6) is 0 Å². The van der Waals surface area contributed by atoms with Crippen LogP contribution in [0.2, 0.25) is 5.02 Å². The number of hydrogen-bond acceptors (Lipinski definition) is 1. The topological polar surface area (TPSA) is 41.8 Å². The fraction of sp³-hybridized carbons (Fsp3) is 0.111. The summed E-state index contributed by atoms with van der Waals surface area (Å²) in [5.74, 6) is 0. The number of hydrogen-bond donors (Lipinski definition) is 2. The zero-order chi connectivity index (χ0) is 8.72. The van der Waals surface area contributed by atoms with Crippen molar-refractivity contribution in [1.29, 1.82) is 0 Å². The number of aryl methyl sites for hydroxylation is 1. The Bertz CT molecular complexity index is 431. The molecule has 0 aliphatic carbocycles. The Morgan fingerprint density at radius 3 is 2.83 bits per heavy atom. The van der Waals surface area contributed by atoms with Crippen LogP contribution in [-0.2, 0) is 0 Å². The molecule has 0 aliphatic heterocycles. The monoisotopic (exact) mass is 180 g/mol. The molecule has 0 spiro atoms. The van der Waals surface area contributed by atoms with Crippen LogP contribution in [0.3, 0.4) is 0 Å². The van der Waals surface area contributed by atoms with Crippen LogP contribution >= 0.6 is 11.6 Å². The quantitative estimate of drug-likeness (QED) is 0.602. The van der Waals surface area contributed by atoms with Gasteiger partial charge >= 0.3 is 0 Å². The normalized spacial score (nSPS) is 10.8. The van der Waals surface area contributed by atoms with E-state index in [0.29, 0.717) is 0 Å². The third-order valence-electron chi connectivity index (χ3n) is 1.97. The van der Waals surface area contributed by atoms with Gasteiger partial charge in [-0.15, -0.1) is 0 Å². The summed E-state index contributed by atoms with van der Waals surface area (Å²) in [6.45, 7) is 1.93. The van der Waals surface area contributed by atoms with E-state index in [4.69, 9.17) is 17.3 Å². The van der Waals surface area contributed by atoms with E-state index in [9.17, 15) is 0 Å². The fourth-order valence-corrected chi connectivity index (χ4v) is 1.62. The van der Waals surface area contributed by atoms with E-state index in [-0.39, 0.29) is 0 Å². The van der Waals surface area contributed by atoms with Gasteiger partial charge in [0, 0.05) is 22.3 Å². The zero-order valence-corrected chi connectivity index (χ0v) is 7.44. The number of fused-ring (bicyclic) bond motifs is 1. The number of nitrogen functional groups attached to an aromatic ring is 1. The van der Waals surface area contributed by atoms with Crippen LogP contribution in [0.4, 0.5) is 5.69 Å². The molecular weight excluding hydrogens is 172 g/mol. The molecule has 0 unspecified atom stereocenters. The van der Waals surface area contributed by atoms with Crippen molar-refractivity contribution in [3.05, 3.63) is 28.9 Å². The molecule has 3 N–H and O–H groups in total. The molecule has 2 rings (SSSR count). The highest BCUT2D eigenvalue weighted by Crippen LogP contribution is 2.30. The predicted molar refractivity (Wildman–Crippen MR) is 52.5 cm³/mol. The minimum Gasteiger partial charge on any atom is -0.398 e. The van der Waals surface area contributed by atoms with Crippen LogP contribution in [0, 0.1) is 6.92 Å². The molecule has 0 saturated heterocycles. The fourth-order valence-electron chi connectivity index (χ4n) is 1.36. The van der Waals surface area contributed by atoms with Crippen molar-refractivity contribution in [2.75, 3.05) is 5.73 Å². The lowest BCUT2D eigenvalue weighted by molar-refractivity contribution is 1.30.